The van der Waals surface area contributed by atoms with E-state index in [-0.39, 0.29) is 11.3 Å². The Hall–Kier alpha value is 0.690. The molecule has 3 unspecified atom stereocenters. The van der Waals surface area contributed by atoms with Crippen LogP contribution in [0.4, 0.5) is 0 Å². The van der Waals surface area contributed by atoms with Crippen LogP contribution in [0.5, 0.6) is 0 Å². The molecule has 0 N–H and O–H groups in total. The second-order valence-electron chi connectivity index (χ2n) is 6.23. The van der Waals surface area contributed by atoms with E-state index < -0.39 is 17.8 Å². The normalized spacial score (nSPS) is 39.7. The first kappa shape index (κ1) is 16.1. The molecular weight excluding hydrogens is 310 g/mol. The minimum absolute atomic E-state index is 0.0638. The maximum Gasteiger partial charge on any atom is 0.474 e. The molecule has 3 saturated carbocycles. The number of alkyl halides is 2. The van der Waals surface area contributed by atoms with Gasteiger partial charge in [-0.3, -0.25) is 13.6 Å². The van der Waals surface area contributed by atoms with Crippen molar-refractivity contribution in [3.05, 3.63) is 0 Å². The first-order chi connectivity index (χ1) is 8.52. The van der Waals surface area contributed by atoms with Crippen LogP contribution in [0, 0.1) is 17.3 Å². The van der Waals surface area contributed by atoms with Crippen LogP contribution in [0.15, 0.2) is 0 Å². The van der Waals surface area contributed by atoms with Crippen molar-refractivity contribution in [1.82, 2.24) is 0 Å². The van der Waals surface area contributed by atoms with Crippen molar-refractivity contribution in [2.75, 3.05) is 14.2 Å². The van der Waals surface area contributed by atoms with Gasteiger partial charge in [0, 0.05) is 14.2 Å². The lowest BCUT2D eigenvalue weighted by Gasteiger charge is -2.67. The Morgan fingerprint density at radius 2 is 1.68 bits per heavy atom. The molecule has 2 bridgehead atoms. The van der Waals surface area contributed by atoms with Crippen molar-refractivity contribution < 1.29 is 18.1 Å². The molecule has 0 saturated heterocycles. The molecule has 3 aliphatic rings. The Labute approximate surface area is 124 Å². The van der Waals surface area contributed by atoms with Gasteiger partial charge >= 0.3 is 7.82 Å². The molecule has 112 valence electrons. The van der Waals surface area contributed by atoms with Crippen molar-refractivity contribution in [1.29, 1.82) is 0 Å². The minimum Gasteiger partial charge on any atom is -0.290 e. The predicted octanol–water partition coefficient (Wildman–Crippen LogP) is 4.40. The summed E-state index contributed by atoms with van der Waals surface area (Å²) in [4.78, 5) is 0. The van der Waals surface area contributed by atoms with Crippen molar-refractivity contribution in [2.45, 2.75) is 43.5 Å². The van der Waals surface area contributed by atoms with Gasteiger partial charge in [-0.2, -0.15) is 0 Å². The zero-order chi connectivity index (χ0) is 14.7. The number of fused-ring (bicyclic) bond motifs is 2. The molecule has 0 aromatic carbocycles. The summed E-state index contributed by atoms with van der Waals surface area (Å²) >= 11 is 12.9. The zero-order valence-electron chi connectivity index (χ0n) is 11.9. The standard InChI is InChI=1S/C12H21Cl2O4P/c1-10(2)8-6-9(10)11(3,12(13,14)7-8)18-19(15,16-4)17-5/h8-9H,6-7H2,1-5H3. The van der Waals surface area contributed by atoms with Gasteiger partial charge in [-0.05, 0) is 37.0 Å². The van der Waals surface area contributed by atoms with E-state index >= 15 is 0 Å². The summed E-state index contributed by atoms with van der Waals surface area (Å²) in [7, 11) is -1.06. The van der Waals surface area contributed by atoms with Gasteiger partial charge in [0.2, 0.25) is 0 Å². The highest BCUT2D eigenvalue weighted by atomic mass is 35.5. The molecule has 3 aliphatic carbocycles. The number of rotatable bonds is 4. The summed E-state index contributed by atoms with van der Waals surface area (Å²) in [5.41, 5.74) is -0.899. The molecule has 0 aliphatic heterocycles. The van der Waals surface area contributed by atoms with Gasteiger partial charge in [-0.15, -0.1) is 0 Å². The molecule has 3 fully saturated rings. The van der Waals surface area contributed by atoms with Crippen LogP contribution in [-0.2, 0) is 18.1 Å². The Morgan fingerprint density at radius 1 is 1.16 bits per heavy atom. The third-order valence-corrected chi connectivity index (χ3v) is 7.67. The summed E-state index contributed by atoms with van der Waals surface area (Å²) in [6.07, 6.45) is 1.58. The van der Waals surface area contributed by atoms with E-state index in [0.29, 0.717) is 12.3 Å². The van der Waals surface area contributed by atoms with Gasteiger partial charge in [0.05, 0.1) is 0 Å². The quantitative estimate of drug-likeness (QED) is 0.566. The second-order valence-corrected chi connectivity index (χ2v) is 9.52. The van der Waals surface area contributed by atoms with Gasteiger partial charge in [0.1, 0.15) is 9.93 Å². The third kappa shape index (κ3) is 2.20. The number of hydrogen-bond acceptors (Lipinski definition) is 4. The summed E-state index contributed by atoms with van der Waals surface area (Å²) in [6, 6.07) is 0. The van der Waals surface area contributed by atoms with Gasteiger partial charge in [-0.1, -0.05) is 37.0 Å². The topological polar surface area (TPSA) is 44.8 Å². The van der Waals surface area contributed by atoms with E-state index in [1.54, 1.807) is 6.92 Å². The van der Waals surface area contributed by atoms with Gasteiger partial charge in [0.25, 0.3) is 0 Å². The monoisotopic (exact) mass is 330 g/mol. The van der Waals surface area contributed by atoms with E-state index in [0.717, 1.165) is 6.42 Å². The van der Waals surface area contributed by atoms with E-state index in [9.17, 15) is 4.57 Å². The third-order valence-electron chi connectivity index (χ3n) is 5.11. The molecule has 19 heavy (non-hydrogen) atoms. The largest absolute Gasteiger partial charge is 0.474 e. The van der Waals surface area contributed by atoms with E-state index in [1.807, 2.05) is 0 Å². The number of halogens is 2. The first-order valence-electron chi connectivity index (χ1n) is 6.32. The lowest BCUT2D eigenvalue weighted by molar-refractivity contribution is -0.192. The highest BCUT2D eigenvalue weighted by molar-refractivity contribution is 7.48. The SMILES string of the molecule is COP(=O)(OC)OC1(C)C2CC(CC1(Cl)Cl)C2(C)C. The lowest BCUT2D eigenvalue weighted by atomic mass is 9.44. The van der Waals surface area contributed by atoms with E-state index in [2.05, 4.69) is 13.8 Å². The summed E-state index contributed by atoms with van der Waals surface area (Å²) < 4.78 is 26.7. The Bertz CT molecular complexity index is 418. The van der Waals surface area contributed by atoms with Gasteiger partial charge in [0.15, 0.2) is 0 Å². The van der Waals surface area contributed by atoms with Crippen molar-refractivity contribution in [2.24, 2.45) is 17.3 Å². The summed E-state index contributed by atoms with van der Waals surface area (Å²) in [5.74, 6) is 0.584. The van der Waals surface area contributed by atoms with Crippen molar-refractivity contribution >= 4 is 31.0 Å². The second kappa shape index (κ2) is 4.59. The van der Waals surface area contributed by atoms with Crippen LogP contribution in [0.1, 0.15) is 33.6 Å². The average molecular weight is 331 g/mol. The van der Waals surface area contributed by atoms with Crippen LogP contribution in [0.3, 0.4) is 0 Å². The summed E-state index contributed by atoms with van der Waals surface area (Å²) in [6.45, 7) is 6.14. The number of phosphoric ester groups is 1. The lowest BCUT2D eigenvalue weighted by Crippen LogP contribution is -2.69. The van der Waals surface area contributed by atoms with Gasteiger partial charge < -0.3 is 0 Å². The fourth-order valence-electron chi connectivity index (χ4n) is 3.58. The maximum absolute atomic E-state index is 12.3. The molecule has 0 spiro atoms. The average Bonchev–Trinajstić information content (AvgIpc) is 2.32. The fraction of sp³-hybridized carbons (Fsp3) is 1.00. The van der Waals surface area contributed by atoms with Crippen molar-refractivity contribution in [3.63, 3.8) is 0 Å². The highest BCUT2D eigenvalue weighted by Gasteiger charge is 2.70. The molecular formula is C12H21Cl2O4P. The minimum atomic E-state index is -3.63. The van der Waals surface area contributed by atoms with Crippen molar-refractivity contribution in [3.8, 4) is 0 Å². The smallest absolute Gasteiger partial charge is 0.290 e. The highest BCUT2D eigenvalue weighted by Crippen LogP contribution is 2.72. The van der Waals surface area contributed by atoms with Crippen LogP contribution < -0.4 is 0 Å². The fourth-order valence-corrected chi connectivity index (χ4v) is 5.44. The molecule has 0 amide bonds. The summed E-state index contributed by atoms with van der Waals surface area (Å²) in [5, 5.41) is 0. The molecule has 3 atom stereocenters. The molecule has 7 heteroatoms. The Balaban J connectivity index is 2.35. The number of phosphoric acid groups is 1. The maximum atomic E-state index is 12.3. The van der Waals surface area contributed by atoms with Crippen LogP contribution in [0.2, 0.25) is 0 Å². The van der Waals surface area contributed by atoms with Crippen LogP contribution in [0.25, 0.3) is 0 Å². The first-order valence-corrected chi connectivity index (χ1v) is 8.54. The molecule has 0 aromatic rings. The van der Waals surface area contributed by atoms with Gasteiger partial charge in [-0.25, -0.2) is 4.57 Å². The zero-order valence-corrected chi connectivity index (χ0v) is 14.3. The van der Waals surface area contributed by atoms with E-state index in [1.165, 1.54) is 14.2 Å². The van der Waals surface area contributed by atoms with Crippen LogP contribution >= 0.6 is 31.0 Å². The number of hydrogen-bond donors (Lipinski definition) is 0. The van der Waals surface area contributed by atoms with Crippen LogP contribution in [-0.4, -0.2) is 24.2 Å². The molecule has 0 heterocycles. The van der Waals surface area contributed by atoms with E-state index in [4.69, 9.17) is 36.8 Å². The molecule has 4 nitrogen and oxygen atoms in total. The molecule has 0 radical (unpaired) electrons. The Morgan fingerprint density at radius 3 is 2.11 bits per heavy atom. The predicted molar refractivity (Wildman–Crippen MR) is 75.5 cm³/mol. The molecule has 3 rings (SSSR count). The Kier molecular flexibility index (Phi) is 3.88. The molecule has 0 aromatic heterocycles.